The average Bonchev–Trinajstić information content (AvgIpc) is 3.36. The summed E-state index contributed by atoms with van der Waals surface area (Å²) in [5.74, 6) is 0. The molecule has 0 bridgehead atoms. The molecule has 0 radical (unpaired) electrons. The molecule has 4 aromatic carbocycles. The number of hydrogen-bond acceptors (Lipinski definition) is 1. The van der Waals surface area contributed by atoms with Crippen molar-refractivity contribution in [1.82, 2.24) is 0 Å². The number of hydrogen-bond donors (Lipinski definition) is 0. The molecular formula is C22H14O. The zero-order valence-electron chi connectivity index (χ0n) is 12.5. The standard InChI is InChI=1S/C22H14O/c1-2-4-14-8-17-11-19-12-20-15(5-6-21-22(20)23-21)9-18(19)10-16(17)7-13(14)3-1/h1-12,21-22H. The third-order valence-corrected chi connectivity index (χ3v) is 5.16. The van der Waals surface area contributed by atoms with E-state index >= 15 is 0 Å². The number of fused-ring (bicyclic) bond motifs is 6. The Kier molecular flexibility index (Phi) is 2.07. The summed E-state index contributed by atoms with van der Waals surface area (Å²) >= 11 is 0. The minimum absolute atomic E-state index is 0.284. The van der Waals surface area contributed by atoms with Gasteiger partial charge < -0.3 is 4.74 Å². The van der Waals surface area contributed by atoms with E-state index in [9.17, 15) is 0 Å². The fraction of sp³-hybridized carbons (Fsp3) is 0.0909. The van der Waals surface area contributed by atoms with Crippen LogP contribution in [0.3, 0.4) is 0 Å². The van der Waals surface area contributed by atoms with Crippen molar-refractivity contribution >= 4 is 38.4 Å². The minimum atomic E-state index is 0.284. The van der Waals surface area contributed by atoms with Crippen LogP contribution < -0.4 is 0 Å². The quantitative estimate of drug-likeness (QED) is 0.303. The third kappa shape index (κ3) is 1.66. The molecule has 23 heavy (non-hydrogen) atoms. The topological polar surface area (TPSA) is 12.5 Å². The highest BCUT2D eigenvalue weighted by molar-refractivity contribution is 6.05. The molecule has 2 atom stereocenters. The monoisotopic (exact) mass is 294 g/mol. The van der Waals surface area contributed by atoms with E-state index in [1.807, 2.05) is 0 Å². The molecule has 2 unspecified atom stereocenters. The van der Waals surface area contributed by atoms with E-state index < -0.39 is 0 Å². The lowest BCUT2D eigenvalue weighted by Crippen LogP contribution is -1.95. The van der Waals surface area contributed by atoms with Gasteiger partial charge in [0, 0.05) is 0 Å². The minimum Gasteiger partial charge on any atom is -0.360 e. The molecule has 0 aromatic heterocycles. The van der Waals surface area contributed by atoms with Gasteiger partial charge in [0.1, 0.15) is 12.2 Å². The Bertz CT molecular complexity index is 1150. The van der Waals surface area contributed by atoms with E-state index in [-0.39, 0.29) is 6.10 Å². The number of epoxide rings is 1. The van der Waals surface area contributed by atoms with Gasteiger partial charge in [0.05, 0.1) is 0 Å². The molecule has 4 aromatic rings. The van der Waals surface area contributed by atoms with Crippen molar-refractivity contribution in [2.45, 2.75) is 12.2 Å². The van der Waals surface area contributed by atoms with Crippen LogP contribution in [0.15, 0.2) is 66.7 Å². The normalized spacial score (nSPS) is 21.6. The molecule has 1 nitrogen and oxygen atoms in total. The predicted molar refractivity (Wildman–Crippen MR) is 95.6 cm³/mol. The second-order valence-electron chi connectivity index (χ2n) is 6.61. The first kappa shape index (κ1) is 11.9. The maximum atomic E-state index is 5.71. The molecule has 1 saturated heterocycles. The van der Waals surface area contributed by atoms with Crippen LogP contribution in [0.1, 0.15) is 17.2 Å². The summed E-state index contributed by atoms with van der Waals surface area (Å²) in [7, 11) is 0. The third-order valence-electron chi connectivity index (χ3n) is 5.16. The Morgan fingerprint density at radius 1 is 0.652 bits per heavy atom. The zero-order valence-corrected chi connectivity index (χ0v) is 12.5. The van der Waals surface area contributed by atoms with E-state index in [4.69, 9.17) is 4.74 Å². The van der Waals surface area contributed by atoms with Crippen molar-refractivity contribution in [2.24, 2.45) is 0 Å². The molecule has 1 aliphatic heterocycles. The van der Waals surface area contributed by atoms with Crippen LogP contribution in [0.4, 0.5) is 0 Å². The fourth-order valence-electron chi connectivity index (χ4n) is 3.89. The van der Waals surface area contributed by atoms with Crippen molar-refractivity contribution in [3.8, 4) is 0 Å². The highest BCUT2D eigenvalue weighted by atomic mass is 16.6. The van der Waals surface area contributed by atoms with Crippen molar-refractivity contribution < 1.29 is 4.74 Å². The smallest absolute Gasteiger partial charge is 0.114 e. The van der Waals surface area contributed by atoms with E-state index in [0.717, 1.165) is 0 Å². The summed E-state index contributed by atoms with van der Waals surface area (Å²) in [6.07, 6.45) is 4.97. The second kappa shape index (κ2) is 4.01. The van der Waals surface area contributed by atoms with E-state index in [1.54, 1.807) is 0 Å². The molecule has 2 aliphatic rings. The van der Waals surface area contributed by atoms with E-state index in [0.29, 0.717) is 6.10 Å². The molecule has 0 amide bonds. The summed E-state index contributed by atoms with van der Waals surface area (Å²) in [4.78, 5) is 0. The number of benzene rings is 4. The maximum Gasteiger partial charge on any atom is 0.114 e. The van der Waals surface area contributed by atoms with Gasteiger partial charge in [-0.1, -0.05) is 36.4 Å². The predicted octanol–water partition coefficient (Wildman–Crippen LogP) is 5.61. The van der Waals surface area contributed by atoms with Gasteiger partial charge in [-0.25, -0.2) is 0 Å². The molecule has 0 N–H and O–H groups in total. The highest BCUT2D eigenvalue weighted by Crippen LogP contribution is 2.46. The molecule has 1 fully saturated rings. The van der Waals surface area contributed by atoms with Gasteiger partial charge in [-0.3, -0.25) is 0 Å². The highest BCUT2D eigenvalue weighted by Gasteiger charge is 2.41. The van der Waals surface area contributed by atoms with Gasteiger partial charge in [-0.2, -0.15) is 0 Å². The first-order valence-corrected chi connectivity index (χ1v) is 8.09. The maximum absolute atomic E-state index is 5.71. The Balaban J connectivity index is 1.69. The Labute approximate surface area is 133 Å². The molecule has 6 rings (SSSR count). The number of rotatable bonds is 0. The molecule has 108 valence electrons. The van der Waals surface area contributed by atoms with Crippen LogP contribution in [0.2, 0.25) is 0 Å². The van der Waals surface area contributed by atoms with Crippen LogP contribution in [0, 0.1) is 0 Å². The lowest BCUT2D eigenvalue weighted by Gasteiger charge is -2.11. The van der Waals surface area contributed by atoms with Crippen molar-refractivity contribution in [3.05, 3.63) is 77.9 Å². The Hall–Kier alpha value is -2.64. The van der Waals surface area contributed by atoms with Crippen molar-refractivity contribution in [3.63, 3.8) is 0 Å². The van der Waals surface area contributed by atoms with Crippen LogP contribution in [0.5, 0.6) is 0 Å². The Morgan fingerprint density at radius 3 is 2.00 bits per heavy atom. The van der Waals surface area contributed by atoms with Crippen LogP contribution in [0.25, 0.3) is 38.4 Å². The molecule has 0 saturated carbocycles. The molecule has 1 heteroatoms. The van der Waals surface area contributed by atoms with Gasteiger partial charge in [0.15, 0.2) is 0 Å². The van der Waals surface area contributed by atoms with Crippen molar-refractivity contribution in [1.29, 1.82) is 0 Å². The first-order valence-electron chi connectivity index (χ1n) is 8.09. The lowest BCUT2D eigenvalue weighted by molar-refractivity contribution is 0.395. The summed E-state index contributed by atoms with van der Waals surface area (Å²) in [6.45, 7) is 0. The van der Waals surface area contributed by atoms with Crippen LogP contribution >= 0.6 is 0 Å². The van der Waals surface area contributed by atoms with Gasteiger partial charge in [0.2, 0.25) is 0 Å². The molecule has 1 heterocycles. The summed E-state index contributed by atoms with van der Waals surface area (Å²) in [6, 6.07) is 22.4. The van der Waals surface area contributed by atoms with E-state index in [2.05, 4.69) is 72.8 Å². The SMILES string of the molecule is C1=CC2OC2c2cc3cc4cc5ccccc5cc4cc3cc21. The van der Waals surface area contributed by atoms with Gasteiger partial charge in [-0.05, 0) is 79.8 Å². The molecule has 0 spiro atoms. The van der Waals surface area contributed by atoms with Crippen molar-refractivity contribution in [2.75, 3.05) is 0 Å². The largest absolute Gasteiger partial charge is 0.360 e. The lowest BCUT2D eigenvalue weighted by atomic mass is 9.92. The van der Waals surface area contributed by atoms with Crippen LogP contribution in [-0.2, 0) is 4.74 Å². The summed E-state index contributed by atoms with van der Waals surface area (Å²) < 4.78 is 5.71. The second-order valence-corrected chi connectivity index (χ2v) is 6.61. The van der Waals surface area contributed by atoms with Crippen LogP contribution in [-0.4, -0.2) is 6.10 Å². The fourth-order valence-corrected chi connectivity index (χ4v) is 3.89. The average molecular weight is 294 g/mol. The molecular weight excluding hydrogens is 280 g/mol. The van der Waals surface area contributed by atoms with Gasteiger partial charge >= 0.3 is 0 Å². The Morgan fingerprint density at radius 2 is 1.26 bits per heavy atom. The molecule has 1 aliphatic carbocycles. The zero-order chi connectivity index (χ0) is 15.0. The summed E-state index contributed by atoms with van der Waals surface area (Å²) in [5.41, 5.74) is 2.64. The first-order chi connectivity index (χ1) is 11.3. The van der Waals surface area contributed by atoms with Gasteiger partial charge in [-0.15, -0.1) is 0 Å². The van der Waals surface area contributed by atoms with Gasteiger partial charge in [0.25, 0.3) is 0 Å². The van der Waals surface area contributed by atoms with E-state index in [1.165, 1.54) is 43.4 Å². The number of ether oxygens (including phenoxy) is 1. The summed E-state index contributed by atoms with van der Waals surface area (Å²) in [5, 5.41) is 7.80.